The van der Waals surface area contributed by atoms with E-state index in [0.717, 1.165) is 18.9 Å². The fourth-order valence-electron chi connectivity index (χ4n) is 4.77. The number of rotatable bonds is 16. The monoisotopic (exact) mass is 692 g/mol. The molecular formula is C34H40F4N4O7. The Balaban J connectivity index is 1.62. The van der Waals surface area contributed by atoms with Crippen LogP contribution in [-0.4, -0.2) is 42.7 Å². The van der Waals surface area contributed by atoms with Crippen LogP contribution in [0.15, 0.2) is 40.8 Å². The second kappa shape index (κ2) is 15.6. The Hall–Kier alpha value is -4.82. The average Bonchev–Trinajstić information content (AvgIpc) is 3.73. The van der Waals surface area contributed by atoms with Crippen LogP contribution < -0.4 is 25.8 Å². The first-order chi connectivity index (χ1) is 23.1. The van der Waals surface area contributed by atoms with Gasteiger partial charge in [-0.2, -0.15) is 8.78 Å². The number of carbonyl (C=O) groups is 3. The predicted molar refractivity (Wildman–Crippen MR) is 169 cm³/mol. The van der Waals surface area contributed by atoms with Gasteiger partial charge < -0.3 is 35.0 Å². The summed E-state index contributed by atoms with van der Waals surface area (Å²) >= 11 is 0. The first-order valence-electron chi connectivity index (χ1n) is 15.8. The van der Waals surface area contributed by atoms with E-state index in [0.29, 0.717) is 31.4 Å². The number of primary amides is 1. The van der Waals surface area contributed by atoms with Gasteiger partial charge in [-0.05, 0) is 62.8 Å². The zero-order valence-electron chi connectivity index (χ0n) is 27.7. The molecule has 0 radical (unpaired) electrons. The van der Waals surface area contributed by atoms with Crippen LogP contribution in [0.1, 0.15) is 81.6 Å². The molecule has 1 aliphatic carbocycles. The molecule has 1 atom stereocenters. The van der Waals surface area contributed by atoms with Crippen molar-refractivity contribution < 1.29 is 50.6 Å². The fourth-order valence-corrected chi connectivity index (χ4v) is 4.77. The summed E-state index contributed by atoms with van der Waals surface area (Å²) in [6.07, 6.45) is 2.29. The van der Waals surface area contributed by atoms with E-state index in [9.17, 15) is 31.9 Å². The van der Waals surface area contributed by atoms with E-state index < -0.39 is 41.3 Å². The minimum atomic E-state index is -3.16. The van der Waals surface area contributed by atoms with Crippen molar-refractivity contribution in [2.75, 3.05) is 13.2 Å². The lowest BCUT2D eigenvalue weighted by atomic mass is 9.75. The van der Waals surface area contributed by atoms with Gasteiger partial charge >= 0.3 is 12.7 Å². The SMILES string of the molecule is CC(C)(C)C(C)(OC(N)=O)c1oc(-c2ccc(OC(F)F)c(OCCCCC(=O)NCC3CC3)c2)nc1C(=O)NCc1ccc(F)cc1F. The topological polar surface area (TPSA) is 155 Å². The van der Waals surface area contributed by atoms with E-state index in [2.05, 4.69) is 20.4 Å². The summed E-state index contributed by atoms with van der Waals surface area (Å²) in [5.41, 5.74) is 2.61. The molecule has 4 N–H and O–H groups in total. The fraction of sp³-hybridized carbons (Fsp3) is 0.471. The molecule has 49 heavy (non-hydrogen) atoms. The van der Waals surface area contributed by atoms with Crippen LogP contribution in [0, 0.1) is 23.0 Å². The van der Waals surface area contributed by atoms with Crippen molar-refractivity contribution >= 4 is 17.9 Å². The van der Waals surface area contributed by atoms with Gasteiger partial charge in [0.25, 0.3) is 5.91 Å². The number of benzene rings is 2. The molecule has 1 saturated carbocycles. The second-order valence-electron chi connectivity index (χ2n) is 12.9. The van der Waals surface area contributed by atoms with Crippen molar-refractivity contribution in [2.45, 2.75) is 78.6 Å². The molecule has 0 aliphatic heterocycles. The molecule has 1 aromatic heterocycles. The van der Waals surface area contributed by atoms with Crippen LogP contribution in [0.25, 0.3) is 11.5 Å². The van der Waals surface area contributed by atoms with Crippen LogP contribution >= 0.6 is 0 Å². The minimum Gasteiger partial charge on any atom is -0.490 e. The number of unbranched alkanes of at least 4 members (excludes halogenated alkanes) is 1. The highest BCUT2D eigenvalue weighted by Gasteiger charge is 2.49. The van der Waals surface area contributed by atoms with Gasteiger partial charge in [-0.1, -0.05) is 26.8 Å². The van der Waals surface area contributed by atoms with E-state index in [1.165, 1.54) is 31.2 Å². The van der Waals surface area contributed by atoms with Crippen LogP contribution in [-0.2, 0) is 21.7 Å². The van der Waals surface area contributed by atoms with Crippen molar-refractivity contribution in [3.63, 3.8) is 0 Å². The number of amides is 3. The van der Waals surface area contributed by atoms with Crippen LogP contribution in [0.2, 0.25) is 0 Å². The number of aromatic nitrogens is 1. The van der Waals surface area contributed by atoms with Gasteiger partial charge in [-0.15, -0.1) is 0 Å². The molecule has 1 unspecified atom stereocenters. The van der Waals surface area contributed by atoms with Crippen molar-refractivity contribution in [2.24, 2.45) is 17.1 Å². The van der Waals surface area contributed by atoms with Gasteiger partial charge in [0, 0.05) is 42.1 Å². The largest absolute Gasteiger partial charge is 0.490 e. The molecule has 11 nitrogen and oxygen atoms in total. The van der Waals surface area contributed by atoms with E-state index in [4.69, 9.17) is 19.6 Å². The number of nitrogens with two attached hydrogens (primary N) is 1. The average molecular weight is 693 g/mol. The first-order valence-corrected chi connectivity index (χ1v) is 15.8. The Morgan fingerprint density at radius 1 is 1.02 bits per heavy atom. The second-order valence-corrected chi connectivity index (χ2v) is 12.9. The van der Waals surface area contributed by atoms with Gasteiger partial charge in [0.1, 0.15) is 11.6 Å². The van der Waals surface area contributed by atoms with Crippen LogP contribution in [0.3, 0.4) is 0 Å². The molecule has 266 valence electrons. The predicted octanol–water partition coefficient (Wildman–Crippen LogP) is 6.58. The molecule has 0 bridgehead atoms. The van der Waals surface area contributed by atoms with Gasteiger partial charge in [0.2, 0.25) is 11.8 Å². The number of nitrogens with one attached hydrogen (secondary N) is 2. The van der Waals surface area contributed by atoms with E-state index in [-0.39, 0.29) is 65.5 Å². The lowest BCUT2D eigenvalue weighted by Gasteiger charge is -2.38. The highest BCUT2D eigenvalue weighted by atomic mass is 19.3. The highest BCUT2D eigenvalue weighted by molar-refractivity contribution is 5.94. The third kappa shape index (κ3) is 9.86. The lowest BCUT2D eigenvalue weighted by Crippen LogP contribution is -2.44. The Morgan fingerprint density at radius 3 is 2.39 bits per heavy atom. The third-order valence-electron chi connectivity index (χ3n) is 8.21. The Labute approximate surface area is 280 Å². The summed E-state index contributed by atoms with van der Waals surface area (Å²) in [6, 6.07) is 6.77. The molecule has 2 aromatic carbocycles. The number of hydrogen-bond acceptors (Lipinski definition) is 8. The molecule has 1 fully saturated rings. The molecule has 1 heterocycles. The number of halogens is 4. The van der Waals surface area contributed by atoms with E-state index in [1.807, 2.05) is 0 Å². The van der Waals surface area contributed by atoms with Gasteiger partial charge in [0.05, 0.1) is 6.61 Å². The highest BCUT2D eigenvalue weighted by Crippen LogP contribution is 2.45. The van der Waals surface area contributed by atoms with Gasteiger partial charge in [-0.3, -0.25) is 9.59 Å². The maximum atomic E-state index is 14.3. The van der Waals surface area contributed by atoms with Crippen LogP contribution in [0.5, 0.6) is 11.5 Å². The minimum absolute atomic E-state index is 0.0118. The van der Waals surface area contributed by atoms with Gasteiger partial charge in [0.15, 0.2) is 28.6 Å². The molecule has 4 rings (SSSR count). The first kappa shape index (κ1) is 37.0. The maximum absolute atomic E-state index is 14.3. The summed E-state index contributed by atoms with van der Waals surface area (Å²) in [6.45, 7) is 3.80. The van der Waals surface area contributed by atoms with Crippen molar-refractivity contribution in [1.82, 2.24) is 15.6 Å². The normalized spacial score (nSPS) is 14.2. The van der Waals surface area contributed by atoms with Crippen molar-refractivity contribution in [3.05, 3.63) is 65.1 Å². The van der Waals surface area contributed by atoms with Crippen molar-refractivity contribution in [3.8, 4) is 23.0 Å². The van der Waals surface area contributed by atoms with E-state index >= 15 is 0 Å². The zero-order valence-corrected chi connectivity index (χ0v) is 27.7. The molecule has 15 heteroatoms. The summed E-state index contributed by atoms with van der Waals surface area (Å²) in [5, 5.41) is 5.39. The summed E-state index contributed by atoms with van der Waals surface area (Å²) in [4.78, 5) is 42.0. The molecule has 0 spiro atoms. The van der Waals surface area contributed by atoms with Crippen LogP contribution in [0.4, 0.5) is 22.4 Å². The molecule has 0 saturated heterocycles. The lowest BCUT2D eigenvalue weighted by molar-refractivity contribution is -0.121. The molecular weight excluding hydrogens is 652 g/mol. The number of alkyl halides is 2. The smallest absolute Gasteiger partial charge is 0.405 e. The summed E-state index contributed by atoms with van der Waals surface area (Å²) < 4.78 is 76.1. The number of nitrogens with zero attached hydrogens (tertiary/aromatic N) is 1. The Bertz CT molecular complexity index is 1660. The number of ether oxygens (including phenoxy) is 3. The summed E-state index contributed by atoms with van der Waals surface area (Å²) in [5.74, 6) is -2.79. The standard InChI is InChI=1S/C34H40F4N4O7/c1-33(2,3)34(4,49-32(39)45)28-27(29(44)41-18-21-10-12-22(35)16-23(21)36)42-30(48-28)20-11-13-24(47-31(37)38)25(15-20)46-14-6-5-7-26(43)40-17-19-8-9-19/h10-13,15-16,19,31H,5-9,14,17-18H2,1-4H3,(H2,39,45)(H,40,43)(H,41,44). The molecule has 1 aliphatic rings. The Morgan fingerprint density at radius 2 is 1.76 bits per heavy atom. The third-order valence-corrected chi connectivity index (χ3v) is 8.21. The quantitative estimate of drug-likeness (QED) is 0.112. The summed E-state index contributed by atoms with van der Waals surface area (Å²) in [7, 11) is 0. The maximum Gasteiger partial charge on any atom is 0.405 e. The van der Waals surface area contributed by atoms with E-state index in [1.54, 1.807) is 20.8 Å². The zero-order chi connectivity index (χ0) is 35.9. The Kier molecular flexibility index (Phi) is 11.8. The number of oxazole rings is 1. The van der Waals surface area contributed by atoms with Crippen molar-refractivity contribution in [1.29, 1.82) is 0 Å². The number of carbonyl (C=O) groups excluding carboxylic acids is 3. The molecule has 3 aromatic rings. The van der Waals surface area contributed by atoms with Gasteiger partial charge in [-0.25, -0.2) is 18.6 Å². The molecule has 3 amide bonds. The number of hydrogen-bond donors (Lipinski definition) is 3.